The van der Waals surface area contributed by atoms with Crippen LogP contribution in [-0.2, 0) is 0 Å². The summed E-state index contributed by atoms with van der Waals surface area (Å²) in [6.45, 7) is 12.3. The Morgan fingerprint density at radius 2 is 1.97 bits per heavy atom. The summed E-state index contributed by atoms with van der Waals surface area (Å²) in [5.41, 5.74) is 6.51. The number of fused-ring (bicyclic) bond motifs is 2. The lowest BCUT2D eigenvalue weighted by atomic mass is 10.1. The van der Waals surface area contributed by atoms with E-state index >= 15 is 0 Å². The predicted octanol–water partition coefficient (Wildman–Crippen LogP) is 7.31. The molecule has 34 heavy (non-hydrogen) atoms. The van der Waals surface area contributed by atoms with Gasteiger partial charge >= 0.3 is 0 Å². The van der Waals surface area contributed by atoms with Crippen LogP contribution in [0, 0.1) is 13.8 Å². The number of benzene rings is 1. The number of hydrogen-bond donors (Lipinski definition) is 1. The lowest BCUT2D eigenvalue weighted by Crippen LogP contribution is -2.26. The molecule has 1 N–H and O–H groups in total. The molecular formula is C28H29N5S. The van der Waals surface area contributed by atoms with Gasteiger partial charge in [-0.05, 0) is 49.9 Å². The Balaban J connectivity index is 1.74. The van der Waals surface area contributed by atoms with Crippen molar-refractivity contribution in [3.8, 4) is 21.8 Å². The summed E-state index contributed by atoms with van der Waals surface area (Å²) in [6, 6.07) is 12.8. The van der Waals surface area contributed by atoms with E-state index in [2.05, 4.69) is 72.5 Å². The number of aromatic amines is 1. The van der Waals surface area contributed by atoms with Gasteiger partial charge in [-0.2, -0.15) is 0 Å². The smallest absolute Gasteiger partial charge is 0.163 e. The van der Waals surface area contributed by atoms with Crippen LogP contribution in [0.2, 0.25) is 0 Å². The Morgan fingerprint density at radius 1 is 1.09 bits per heavy atom. The molecule has 5 nitrogen and oxygen atoms in total. The maximum absolute atomic E-state index is 5.14. The molecule has 5 rings (SSSR count). The van der Waals surface area contributed by atoms with Crippen LogP contribution < -0.4 is 4.90 Å². The summed E-state index contributed by atoms with van der Waals surface area (Å²) in [4.78, 5) is 21.6. The summed E-state index contributed by atoms with van der Waals surface area (Å²) >= 11 is 1.79. The quantitative estimate of drug-likeness (QED) is 0.243. The van der Waals surface area contributed by atoms with Crippen molar-refractivity contribution in [2.45, 2.75) is 33.6 Å². The fraction of sp³-hybridized carbons (Fsp3) is 0.250. The van der Waals surface area contributed by atoms with Gasteiger partial charge in [-0.15, -0.1) is 17.9 Å². The Labute approximate surface area is 204 Å². The first-order valence-electron chi connectivity index (χ1n) is 11.8. The molecule has 0 atom stereocenters. The number of pyridine rings is 1. The standard InChI is InChI=1S/C28H29N5S/c1-5-7-14-33(13-6-2)28-25-23(19(4)24(34-25)20-10-8-9-18(3)15-20)31-27(32-28)22-16-21-11-12-29-26(21)30-17-22/h5,8-12,15-17H,1,6-7,13-14H2,2-4H3,(H,29,30). The summed E-state index contributed by atoms with van der Waals surface area (Å²) in [5, 5.41) is 1.06. The van der Waals surface area contributed by atoms with Crippen molar-refractivity contribution in [2.24, 2.45) is 0 Å². The molecule has 0 saturated carbocycles. The number of nitrogens with one attached hydrogen (secondary N) is 1. The second-order valence-corrected chi connectivity index (χ2v) is 9.70. The van der Waals surface area contributed by atoms with E-state index in [0.29, 0.717) is 0 Å². The van der Waals surface area contributed by atoms with E-state index in [9.17, 15) is 0 Å². The van der Waals surface area contributed by atoms with Crippen LogP contribution >= 0.6 is 11.3 Å². The molecule has 0 unspecified atom stereocenters. The van der Waals surface area contributed by atoms with Crippen molar-refractivity contribution in [2.75, 3.05) is 18.0 Å². The third kappa shape index (κ3) is 4.10. The maximum Gasteiger partial charge on any atom is 0.163 e. The molecule has 6 heteroatoms. The summed E-state index contributed by atoms with van der Waals surface area (Å²) in [5.74, 6) is 1.72. The number of thiophene rings is 1. The second kappa shape index (κ2) is 9.39. The average molecular weight is 468 g/mol. The lowest BCUT2D eigenvalue weighted by Gasteiger charge is -2.23. The Bertz CT molecular complexity index is 1480. The van der Waals surface area contributed by atoms with E-state index in [1.54, 1.807) is 11.3 Å². The van der Waals surface area contributed by atoms with Crippen molar-refractivity contribution in [3.05, 3.63) is 72.6 Å². The molecule has 0 amide bonds. The number of anilines is 1. The topological polar surface area (TPSA) is 57.7 Å². The molecule has 5 aromatic rings. The van der Waals surface area contributed by atoms with Gasteiger partial charge in [-0.3, -0.25) is 0 Å². The molecule has 0 fully saturated rings. The number of hydrogen-bond acceptors (Lipinski definition) is 5. The lowest BCUT2D eigenvalue weighted by molar-refractivity contribution is 0.756. The zero-order chi connectivity index (χ0) is 23.7. The molecule has 0 spiro atoms. The van der Waals surface area contributed by atoms with Crippen molar-refractivity contribution in [1.82, 2.24) is 19.9 Å². The molecule has 0 saturated heterocycles. The van der Waals surface area contributed by atoms with Crippen LogP contribution in [0.15, 0.2) is 61.4 Å². The van der Waals surface area contributed by atoms with E-state index < -0.39 is 0 Å². The van der Waals surface area contributed by atoms with Crippen LogP contribution in [0.1, 0.15) is 30.9 Å². The maximum atomic E-state index is 5.14. The SMILES string of the molecule is C=CCCN(CCC)c1nc(-c2cnc3[nH]ccc3c2)nc2c(C)c(-c3cccc(C)c3)sc12. The number of aryl methyl sites for hydroxylation is 2. The van der Waals surface area contributed by atoms with Crippen molar-refractivity contribution in [3.63, 3.8) is 0 Å². The van der Waals surface area contributed by atoms with E-state index in [1.165, 1.54) is 21.6 Å². The van der Waals surface area contributed by atoms with Gasteiger partial charge < -0.3 is 9.88 Å². The summed E-state index contributed by atoms with van der Waals surface area (Å²) in [6.07, 6.45) is 7.70. The van der Waals surface area contributed by atoms with Crippen molar-refractivity contribution >= 4 is 38.4 Å². The fourth-order valence-corrected chi connectivity index (χ4v) is 5.64. The van der Waals surface area contributed by atoms with Gasteiger partial charge in [0.2, 0.25) is 0 Å². The highest BCUT2D eigenvalue weighted by Gasteiger charge is 2.21. The Hall–Kier alpha value is -3.51. The number of nitrogens with zero attached hydrogens (tertiary/aromatic N) is 4. The van der Waals surface area contributed by atoms with E-state index in [0.717, 1.165) is 64.4 Å². The molecule has 4 heterocycles. The van der Waals surface area contributed by atoms with Crippen LogP contribution in [0.3, 0.4) is 0 Å². The Morgan fingerprint density at radius 3 is 2.76 bits per heavy atom. The van der Waals surface area contributed by atoms with E-state index in [4.69, 9.17) is 9.97 Å². The first kappa shape index (κ1) is 22.3. The van der Waals surface area contributed by atoms with Gasteiger partial charge in [0, 0.05) is 41.3 Å². The minimum absolute atomic E-state index is 0.717. The van der Waals surface area contributed by atoms with Gasteiger partial charge in [0.25, 0.3) is 0 Å². The molecule has 172 valence electrons. The molecular weight excluding hydrogens is 438 g/mol. The molecule has 1 aromatic carbocycles. The van der Waals surface area contributed by atoms with Gasteiger partial charge in [-0.25, -0.2) is 15.0 Å². The molecule has 0 aliphatic heterocycles. The number of rotatable bonds is 8. The van der Waals surface area contributed by atoms with Gasteiger partial charge in [0.1, 0.15) is 5.65 Å². The third-order valence-electron chi connectivity index (χ3n) is 6.08. The molecule has 0 radical (unpaired) electrons. The average Bonchev–Trinajstić information content (AvgIpc) is 3.45. The molecule has 0 bridgehead atoms. The van der Waals surface area contributed by atoms with E-state index in [-0.39, 0.29) is 0 Å². The highest BCUT2D eigenvalue weighted by molar-refractivity contribution is 7.23. The van der Waals surface area contributed by atoms with Gasteiger partial charge in [0.05, 0.1) is 10.2 Å². The van der Waals surface area contributed by atoms with Crippen molar-refractivity contribution < 1.29 is 0 Å². The zero-order valence-corrected chi connectivity index (χ0v) is 20.7. The normalized spacial score (nSPS) is 11.4. The highest BCUT2D eigenvalue weighted by Crippen LogP contribution is 2.42. The fourth-order valence-electron chi connectivity index (χ4n) is 4.38. The van der Waals surface area contributed by atoms with Crippen LogP contribution in [0.25, 0.3) is 43.1 Å². The summed E-state index contributed by atoms with van der Waals surface area (Å²) < 4.78 is 1.14. The van der Waals surface area contributed by atoms with Gasteiger partial charge in [0.15, 0.2) is 11.6 Å². The number of aromatic nitrogens is 4. The predicted molar refractivity (Wildman–Crippen MR) is 145 cm³/mol. The number of H-pyrrole nitrogens is 1. The van der Waals surface area contributed by atoms with Crippen molar-refractivity contribution in [1.29, 1.82) is 0 Å². The van der Waals surface area contributed by atoms with E-state index in [1.807, 2.05) is 24.5 Å². The van der Waals surface area contributed by atoms with Gasteiger partial charge in [-0.1, -0.05) is 42.8 Å². The monoisotopic (exact) mass is 467 g/mol. The third-order valence-corrected chi connectivity index (χ3v) is 7.41. The first-order chi connectivity index (χ1) is 16.6. The van der Waals surface area contributed by atoms with Crippen LogP contribution in [-0.4, -0.2) is 33.0 Å². The first-order valence-corrected chi connectivity index (χ1v) is 12.6. The minimum Gasteiger partial charge on any atom is -0.355 e. The second-order valence-electron chi connectivity index (χ2n) is 8.68. The molecule has 0 aliphatic rings. The summed E-state index contributed by atoms with van der Waals surface area (Å²) in [7, 11) is 0. The van der Waals surface area contributed by atoms with Crippen LogP contribution in [0.4, 0.5) is 5.82 Å². The molecule has 0 aliphatic carbocycles. The highest BCUT2D eigenvalue weighted by atomic mass is 32.1. The molecule has 4 aromatic heterocycles. The zero-order valence-electron chi connectivity index (χ0n) is 19.9. The minimum atomic E-state index is 0.717. The largest absolute Gasteiger partial charge is 0.355 e. The van der Waals surface area contributed by atoms with Crippen LogP contribution in [0.5, 0.6) is 0 Å². The Kier molecular flexibility index (Phi) is 6.16.